The van der Waals surface area contributed by atoms with E-state index in [2.05, 4.69) is 4.74 Å². The van der Waals surface area contributed by atoms with Gasteiger partial charge in [-0.1, -0.05) is 0 Å². The van der Waals surface area contributed by atoms with Crippen LogP contribution in [0, 0.1) is 5.92 Å². The Hall–Kier alpha value is -0.840. The second-order valence-electron chi connectivity index (χ2n) is 6.41. The van der Waals surface area contributed by atoms with E-state index < -0.39 is 39.2 Å². The summed E-state index contributed by atoms with van der Waals surface area (Å²) in [5, 5.41) is 4.80. The number of fused-ring (bicyclic) bond motifs is 2. The Bertz CT molecular complexity index is 554. The van der Waals surface area contributed by atoms with Gasteiger partial charge in [0.25, 0.3) is 0 Å². The summed E-state index contributed by atoms with van der Waals surface area (Å²) in [4.78, 5) is 11.3. The molecule has 0 amide bonds. The summed E-state index contributed by atoms with van der Waals surface area (Å²) in [5.74, 6) is -2.51. The van der Waals surface area contributed by atoms with Crippen molar-refractivity contribution in [2.24, 2.45) is 5.92 Å². The van der Waals surface area contributed by atoms with Gasteiger partial charge in [0.05, 0.1) is 17.8 Å². The van der Waals surface area contributed by atoms with Crippen molar-refractivity contribution in [3.8, 4) is 0 Å². The zero-order valence-corrected chi connectivity index (χ0v) is 12.8. The van der Waals surface area contributed by atoms with Crippen LogP contribution in [-0.2, 0) is 24.4 Å². The molecular formula is C12H18F2O7S. The second kappa shape index (κ2) is 5.36. The summed E-state index contributed by atoms with van der Waals surface area (Å²) >= 11 is 0. The van der Waals surface area contributed by atoms with Gasteiger partial charge >= 0.3 is 21.3 Å². The zero-order valence-electron chi connectivity index (χ0n) is 12.0. The van der Waals surface area contributed by atoms with Crippen LogP contribution < -0.4 is 0 Å². The van der Waals surface area contributed by atoms with E-state index >= 15 is 0 Å². The van der Waals surface area contributed by atoms with Crippen molar-refractivity contribution >= 4 is 16.1 Å². The van der Waals surface area contributed by atoms with E-state index in [0.717, 1.165) is 0 Å². The Morgan fingerprint density at radius 3 is 2.41 bits per heavy atom. The van der Waals surface area contributed by atoms with Crippen LogP contribution in [0.3, 0.4) is 0 Å². The number of carbonyl (C=O) groups is 1. The molecule has 0 saturated carbocycles. The monoisotopic (exact) mass is 344 g/mol. The molecule has 2 bridgehead atoms. The number of carbonyl (C=O) groups excluding carboxylic acids is 1. The summed E-state index contributed by atoms with van der Waals surface area (Å²) in [5.41, 5.74) is -0.995. The summed E-state index contributed by atoms with van der Waals surface area (Å²) in [6.45, 7) is 3.18. The molecule has 128 valence electrons. The third-order valence-corrected chi connectivity index (χ3v) is 4.64. The maximum Gasteiger partial charge on any atom is 0.465 e. The molecule has 4 atom stereocenters. The second-order valence-corrected chi connectivity index (χ2v) is 7.87. The fraction of sp³-hybridized carbons (Fsp3) is 0.917. The van der Waals surface area contributed by atoms with Gasteiger partial charge in [-0.15, -0.1) is 0 Å². The molecule has 0 radical (unpaired) electrons. The fourth-order valence-corrected chi connectivity index (χ4v) is 3.32. The van der Waals surface area contributed by atoms with Crippen LogP contribution in [-0.4, -0.2) is 53.2 Å². The largest absolute Gasteiger partial charge is 0.465 e. The highest BCUT2D eigenvalue weighted by molar-refractivity contribution is 7.87. The molecule has 0 spiro atoms. The van der Waals surface area contributed by atoms with Crippen molar-refractivity contribution in [2.45, 2.75) is 62.3 Å². The molecule has 2 aliphatic heterocycles. The molecule has 7 nitrogen and oxygen atoms in total. The summed E-state index contributed by atoms with van der Waals surface area (Å²) in [7, 11) is -5.89. The molecule has 4 unspecified atom stereocenters. The van der Waals surface area contributed by atoms with E-state index in [-0.39, 0.29) is 18.4 Å². The number of hydrogen-bond donors (Lipinski definition) is 2. The molecule has 0 aromatic heterocycles. The lowest BCUT2D eigenvalue weighted by atomic mass is 9.80. The normalized spacial score (nSPS) is 32.3. The van der Waals surface area contributed by atoms with Crippen LogP contribution in [0.2, 0.25) is 0 Å². The molecule has 2 saturated heterocycles. The predicted octanol–water partition coefficient (Wildman–Crippen LogP) is 0.717. The highest BCUT2D eigenvalue weighted by atomic mass is 32.2. The Balaban J connectivity index is 2.05. The SMILES string of the molecule is CC(C)(O)CC1CC2CC(OC(=O)C(F)(F)S(=O)(=O)O)C1O2. The van der Waals surface area contributed by atoms with E-state index in [1.807, 2.05) is 0 Å². The molecule has 0 aromatic carbocycles. The van der Waals surface area contributed by atoms with E-state index in [4.69, 9.17) is 9.29 Å². The molecule has 2 rings (SSSR count). The summed E-state index contributed by atoms with van der Waals surface area (Å²) in [6, 6.07) is 0. The standard InChI is InChI=1S/C12H18F2O7S/c1-11(2,16)5-6-3-7-4-8(9(6)20-7)21-10(15)12(13,14)22(17,18)19/h6-9,16H,3-5H2,1-2H3,(H,17,18,19). The van der Waals surface area contributed by atoms with E-state index in [1.165, 1.54) is 0 Å². The number of ether oxygens (including phenoxy) is 2. The van der Waals surface area contributed by atoms with Crippen molar-refractivity contribution in [1.29, 1.82) is 0 Å². The Morgan fingerprint density at radius 1 is 1.36 bits per heavy atom. The van der Waals surface area contributed by atoms with Crippen LogP contribution in [0.15, 0.2) is 0 Å². The van der Waals surface area contributed by atoms with Gasteiger partial charge in [0.2, 0.25) is 0 Å². The van der Waals surface area contributed by atoms with Gasteiger partial charge in [0.1, 0.15) is 6.10 Å². The van der Waals surface area contributed by atoms with E-state index in [0.29, 0.717) is 12.8 Å². The number of esters is 1. The third-order valence-electron chi connectivity index (χ3n) is 3.82. The first kappa shape index (κ1) is 17.5. The zero-order chi connectivity index (χ0) is 16.9. The number of alkyl halides is 2. The topological polar surface area (TPSA) is 110 Å². The van der Waals surface area contributed by atoms with E-state index in [9.17, 15) is 27.1 Å². The van der Waals surface area contributed by atoms with Crippen molar-refractivity contribution in [1.82, 2.24) is 0 Å². The number of hydrogen-bond acceptors (Lipinski definition) is 6. The van der Waals surface area contributed by atoms with Crippen LogP contribution in [0.4, 0.5) is 8.78 Å². The molecule has 22 heavy (non-hydrogen) atoms. The van der Waals surface area contributed by atoms with Gasteiger partial charge in [-0.25, -0.2) is 4.79 Å². The first-order valence-electron chi connectivity index (χ1n) is 6.75. The van der Waals surface area contributed by atoms with Gasteiger partial charge < -0.3 is 14.6 Å². The van der Waals surface area contributed by atoms with Crippen LogP contribution in [0.5, 0.6) is 0 Å². The first-order chi connectivity index (χ1) is 9.81. The molecule has 2 fully saturated rings. The first-order valence-corrected chi connectivity index (χ1v) is 8.19. The number of halogens is 2. The maximum atomic E-state index is 13.2. The van der Waals surface area contributed by atoms with Crippen LogP contribution in [0.25, 0.3) is 0 Å². The minimum absolute atomic E-state index is 0.181. The molecular weight excluding hydrogens is 326 g/mol. The average molecular weight is 344 g/mol. The lowest BCUT2D eigenvalue weighted by molar-refractivity contribution is -0.170. The average Bonchev–Trinajstić information content (AvgIpc) is 2.83. The van der Waals surface area contributed by atoms with Gasteiger partial charge in [0, 0.05) is 6.42 Å². The molecule has 0 aromatic rings. The fourth-order valence-electron chi connectivity index (χ4n) is 3.06. The highest BCUT2D eigenvalue weighted by Gasteiger charge is 2.57. The Kier molecular flexibility index (Phi) is 4.27. The molecule has 0 aliphatic carbocycles. The maximum absolute atomic E-state index is 13.2. The molecule has 10 heteroatoms. The number of aliphatic hydroxyl groups is 1. The van der Waals surface area contributed by atoms with Gasteiger partial charge in [0.15, 0.2) is 0 Å². The van der Waals surface area contributed by atoms with Crippen molar-refractivity contribution in [3.63, 3.8) is 0 Å². The lowest BCUT2D eigenvalue weighted by Gasteiger charge is -2.30. The Morgan fingerprint density at radius 2 is 1.95 bits per heavy atom. The molecule has 2 heterocycles. The molecule has 2 N–H and O–H groups in total. The quantitative estimate of drug-likeness (QED) is 0.558. The van der Waals surface area contributed by atoms with Crippen molar-refractivity contribution in [2.75, 3.05) is 0 Å². The van der Waals surface area contributed by atoms with Crippen LogP contribution >= 0.6 is 0 Å². The Labute approximate surface area is 126 Å². The molecule has 2 aliphatic rings. The highest BCUT2D eigenvalue weighted by Crippen LogP contribution is 2.44. The lowest BCUT2D eigenvalue weighted by Crippen LogP contribution is -2.44. The summed E-state index contributed by atoms with van der Waals surface area (Å²) < 4.78 is 65.9. The van der Waals surface area contributed by atoms with Crippen molar-refractivity contribution < 1.29 is 41.1 Å². The van der Waals surface area contributed by atoms with E-state index in [1.54, 1.807) is 13.8 Å². The van der Waals surface area contributed by atoms with Gasteiger partial charge in [-0.2, -0.15) is 17.2 Å². The van der Waals surface area contributed by atoms with Crippen molar-refractivity contribution in [3.05, 3.63) is 0 Å². The minimum Gasteiger partial charge on any atom is -0.454 e. The van der Waals surface area contributed by atoms with Crippen LogP contribution in [0.1, 0.15) is 33.1 Å². The summed E-state index contributed by atoms with van der Waals surface area (Å²) in [6.07, 6.45) is -0.854. The predicted molar refractivity (Wildman–Crippen MR) is 68.7 cm³/mol. The van der Waals surface area contributed by atoms with Gasteiger partial charge in [-0.3, -0.25) is 4.55 Å². The third kappa shape index (κ3) is 3.39. The smallest absolute Gasteiger partial charge is 0.454 e. The minimum atomic E-state index is -5.89. The van der Waals surface area contributed by atoms with Gasteiger partial charge in [-0.05, 0) is 32.6 Å². The number of rotatable bonds is 5.